The Morgan fingerprint density at radius 1 is 1.17 bits per heavy atom. The first-order chi connectivity index (χ1) is 11.0. The minimum atomic E-state index is -0.119. The van der Waals surface area contributed by atoms with Crippen LogP contribution in [0.15, 0.2) is 41.2 Å². The summed E-state index contributed by atoms with van der Waals surface area (Å²) in [6.45, 7) is 6.23. The zero-order chi connectivity index (χ0) is 16.6. The van der Waals surface area contributed by atoms with Crippen molar-refractivity contribution in [1.82, 2.24) is 9.97 Å². The Labute approximate surface area is 135 Å². The van der Waals surface area contributed by atoms with Crippen LogP contribution in [0.1, 0.15) is 30.9 Å². The van der Waals surface area contributed by atoms with Crippen molar-refractivity contribution >= 4 is 10.9 Å². The first-order valence-electron chi connectivity index (χ1n) is 7.69. The molecule has 1 aromatic heterocycles. The summed E-state index contributed by atoms with van der Waals surface area (Å²) >= 11 is 0. The molecule has 0 unspecified atom stereocenters. The van der Waals surface area contributed by atoms with E-state index < -0.39 is 0 Å². The van der Waals surface area contributed by atoms with Gasteiger partial charge in [-0.05, 0) is 48.2 Å². The SMILES string of the molecule is COc1cc(C)c(-c2nc3ccccc3c(=O)[nH]2)cc1C(C)C. The van der Waals surface area contributed by atoms with E-state index in [1.165, 1.54) is 0 Å². The number of methoxy groups -OCH3 is 1. The van der Waals surface area contributed by atoms with Crippen LogP contribution in [0.25, 0.3) is 22.3 Å². The van der Waals surface area contributed by atoms with Gasteiger partial charge >= 0.3 is 0 Å². The molecular weight excluding hydrogens is 288 g/mol. The summed E-state index contributed by atoms with van der Waals surface area (Å²) in [7, 11) is 1.68. The smallest absolute Gasteiger partial charge is 0.259 e. The van der Waals surface area contributed by atoms with E-state index in [0.29, 0.717) is 22.6 Å². The number of nitrogens with one attached hydrogen (secondary N) is 1. The second-order valence-corrected chi connectivity index (χ2v) is 6.00. The molecule has 0 aliphatic heterocycles. The number of nitrogens with zero attached hydrogens (tertiary/aromatic N) is 1. The molecule has 0 aliphatic rings. The summed E-state index contributed by atoms with van der Waals surface area (Å²) in [4.78, 5) is 19.8. The van der Waals surface area contributed by atoms with E-state index in [2.05, 4.69) is 29.9 Å². The van der Waals surface area contributed by atoms with Gasteiger partial charge < -0.3 is 9.72 Å². The third kappa shape index (κ3) is 2.72. The normalized spacial score (nSPS) is 11.2. The highest BCUT2D eigenvalue weighted by atomic mass is 16.5. The van der Waals surface area contributed by atoms with Crippen LogP contribution in [0, 0.1) is 6.92 Å². The molecule has 1 heterocycles. The van der Waals surface area contributed by atoms with E-state index in [1.807, 2.05) is 31.2 Å². The molecule has 0 atom stereocenters. The van der Waals surface area contributed by atoms with Crippen molar-refractivity contribution in [3.05, 3.63) is 57.9 Å². The molecule has 0 saturated carbocycles. The number of aryl methyl sites for hydroxylation is 1. The van der Waals surface area contributed by atoms with Gasteiger partial charge in [0.1, 0.15) is 11.6 Å². The highest BCUT2D eigenvalue weighted by Crippen LogP contribution is 2.33. The Bertz CT molecular complexity index is 926. The van der Waals surface area contributed by atoms with Crippen LogP contribution in [-0.4, -0.2) is 17.1 Å². The fourth-order valence-electron chi connectivity index (χ4n) is 2.80. The molecule has 4 nitrogen and oxygen atoms in total. The fourth-order valence-corrected chi connectivity index (χ4v) is 2.80. The van der Waals surface area contributed by atoms with Crippen LogP contribution in [-0.2, 0) is 0 Å². The zero-order valence-electron chi connectivity index (χ0n) is 13.8. The number of aromatic nitrogens is 2. The lowest BCUT2D eigenvalue weighted by Crippen LogP contribution is -2.10. The van der Waals surface area contributed by atoms with E-state index in [1.54, 1.807) is 13.2 Å². The molecule has 0 aliphatic carbocycles. The molecule has 2 aromatic carbocycles. The van der Waals surface area contributed by atoms with E-state index in [-0.39, 0.29) is 5.56 Å². The summed E-state index contributed by atoms with van der Waals surface area (Å²) < 4.78 is 5.48. The van der Waals surface area contributed by atoms with Crippen molar-refractivity contribution in [2.24, 2.45) is 0 Å². The number of para-hydroxylation sites is 1. The number of hydrogen-bond donors (Lipinski definition) is 1. The molecule has 4 heteroatoms. The zero-order valence-corrected chi connectivity index (χ0v) is 13.8. The lowest BCUT2D eigenvalue weighted by Gasteiger charge is -2.16. The highest BCUT2D eigenvalue weighted by Gasteiger charge is 2.14. The predicted octanol–water partition coefficient (Wildman–Crippen LogP) is 4.03. The Hall–Kier alpha value is -2.62. The summed E-state index contributed by atoms with van der Waals surface area (Å²) in [5.41, 5.74) is 3.63. The average Bonchev–Trinajstić information content (AvgIpc) is 2.54. The molecule has 3 aromatic rings. The predicted molar refractivity (Wildman–Crippen MR) is 93.2 cm³/mol. The van der Waals surface area contributed by atoms with Gasteiger partial charge in [0.2, 0.25) is 0 Å². The summed E-state index contributed by atoms with van der Waals surface area (Å²) in [5.74, 6) is 1.77. The molecular formula is C19H20N2O2. The third-order valence-corrected chi connectivity index (χ3v) is 4.07. The molecule has 0 radical (unpaired) electrons. The van der Waals surface area contributed by atoms with Crippen LogP contribution in [0.4, 0.5) is 0 Å². The van der Waals surface area contributed by atoms with Crippen molar-refractivity contribution < 1.29 is 4.74 Å². The van der Waals surface area contributed by atoms with Crippen LogP contribution < -0.4 is 10.3 Å². The van der Waals surface area contributed by atoms with Gasteiger partial charge in [0.25, 0.3) is 5.56 Å². The molecule has 118 valence electrons. The molecule has 0 amide bonds. The van der Waals surface area contributed by atoms with Gasteiger partial charge in [-0.3, -0.25) is 4.79 Å². The second-order valence-electron chi connectivity index (χ2n) is 6.00. The summed E-state index contributed by atoms with van der Waals surface area (Å²) in [5, 5.41) is 0.603. The van der Waals surface area contributed by atoms with Crippen molar-refractivity contribution in [3.63, 3.8) is 0 Å². The molecule has 0 bridgehead atoms. The minimum Gasteiger partial charge on any atom is -0.496 e. The maximum Gasteiger partial charge on any atom is 0.259 e. The van der Waals surface area contributed by atoms with Gasteiger partial charge in [-0.25, -0.2) is 4.98 Å². The second kappa shape index (κ2) is 5.88. The highest BCUT2D eigenvalue weighted by molar-refractivity contribution is 5.79. The molecule has 0 spiro atoms. The van der Waals surface area contributed by atoms with Crippen LogP contribution >= 0.6 is 0 Å². The Balaban J connectivity index is 2.26. The van der Waals surface area contributed by atoms with Gasteiger partial charge in [0.05, 0.1) is 18.0 Å². The molecule has 0 saturated heterocycles. The van der Waals surface area contributed by atoms with Crippen LogP contribution in [0.3, 0.4) is 0 Å². The van der Waals surface area contributed by atoms with Crippen molar-refractivity contribution in [1.29, 1.82) is 0 Å². The van der Waals surface area contributed by atoms with E-state index >= 15 is 0 Å². The van der Waals surface area contributed by atoms with Gasteiger partial charge in [-0.15, -0.1) is 0 Å². The molecule has 1 N–H and O–H groups in total. The van der Waals surface area contributed by atoms with Crippen molar-refractivity contribution in [3.8, 4) is 17.1 Å². The average molecular weight is 308 g/mol. The Morgan fingerprint density at radius 2 is 1.91 bits per heavy atom. The Kier molecular flexibility index (Phi) is 3.90. The number of H-pyrrole nitrogens is 1. The third-order valence-electron chi connectivity index (χ3n) is 4.07. The largest absolute Gasteiger partial charge is 0.496 e. The van der Waals surface area contributed by atoms with Gasteiger partial charge in [0.15, 0.2) is 0 Å². The lowest BCUT2D eigenvalue weighted by molar-refractivity contribution is 0.407. The molecule has 3 rings (SSSR count). The van der Waals surface area contributed by atoms with E-state index in [9.17, 15) is 4.79 Å². The topological polar surface area (TPSA) is 55.0 Å². The van der Waals surface area contributed by atoms with Gasteiger partial charge in [-0.2, -0.15) is 0 Å². The molecule has 0 fully saturated rings. The monoisotopic (exact) mass is 308 g/mol. The molecule has 23 heavy (non-hydrogen) atoms. The maximum atomic E-state index is 12.3. The number of aromatic amines is 1. The Morgan fingerprint density at radius 3 is 2.61 bits per heavy atom. The fraction of sp³-hybridized carbons (Fsp3) is 0.263. The maximum absolute atomic E-state index is 12.3. The number of hydrogen-bond acceptors (Lipinski definition) is 3. The first-order valence-corrected chi connectivity index (χ1v) is 7.69. The number of rotatable bonds is 3. The van der Waals surface area contributed by atoms with Crippen molar-refractivity contribution in [2.75, 3.05) is 7.11 Å². The minimum absolute atomic E-state index is 0.119. The number of ether oxygens (including phenoxy) is 1. The quantitative estimate of drug-likeness (QED) is 0.794. The lowest BCUT2D eigenvalue weighted by atomic mass is 9.96. The van der Waals surface area contributed by atoms with Crippen LogP contribution in [0.2, 0.25) is 0 Å². The van der Waals surface area contributed by atoms with Crippen molar-refractivity contribution in [2.45, 2.75) is 26.7 Å². The van der Waals surface area contributed by atoms with E-state index in [0.717, 1.165) is 22.4 Å². The summed E-state index contributed by atoms with van der Waals surface area (Å²) in [6, 6.07) is 11.4. The summed E-state index contributed by atoms with van der Waals surface area (Å²) in [6.07, 6.45) is 0. The standard InChI is InChI=1S/C19H20N2O2/c1-11(2)14-10-15(12(3)9-17(14)23-4)18-20-16-8-6-5-7-13(16)19(22)21-18/h5-11H,1-4H3,(H,20,21,22). The van der Waals surface area contributed by atoms with E-state index in [4.69, 9.17) is 4.74 Å². The number of fused-ring (bicyclic) bond motifs is 1. The first kappa shape index (κ1) is 15.3. The van der Waals surface area contributed by atoms with Gasteiger partial charge in [0, 0.05) is 5.56 Å². The van der Waals surface area contributed by atoms with Gasteiger partial charge in [-0.1, -0.05) is 26.0 Å². The van der Waals surface area contributed by atoms with Crippen LogP contribution in [0.5, 0.6) is 5.75 Å². The number of benzene rings is 2.